The predicted molar refractivity (Wildman–Crippen MR) is 127 cm³/mol. The lowest BCUT2D eigenvalue weighted by Gasteiger charge is -2.36. The molecule has 0 radical (unpaired) electrons. The molecule has 0 aliphatic heterocycles. The van der Waals surface area contributed by atoms with Crippen molar-refractivity contribution < 1.29 is 15.0 Å². The van der Waals surface area contributed by atoms with Crippen LogP contribution in [0.15, 0.2) is 18.2 Å². The largest absolute Gasteiger partial charge is 0.507 e. The maximum Gasteiger partial charge on any atom is 0.135 e. The van der Waals surface area contributed by atoms with E-state index in [4.69, 9.17) is 23.2 Å². The first-order valence-corrected chi connectivity index (χ1v) is 12.5. The number of halogens is 2. The van der Waals surface area contributed by atoms with E-state index in [1.807, 2.05) is 0 Å². The molecule has 0 aromatic heterocycles. The number of hydrogen-bond acceptors (Lipinski definition) is 3. The lowest BCUT2D eigenvalue weighted by Crippen LogP contribution is -2.27. The van der Waals surface area contributed by atoms with Crippen molar-refractivity contribution >= 4 is 39.8 Å². The highest BCUT2D eigenvalue weighted by atomic mass is 35.5. The summed E-state index contributed by atoms with van der Waals surface area (Å²) in [5.74, 6) is 2.32. The minimum atomic E-state index is 0.0658. The summed E-state index contributed by atoms with van der Waals surface area (Å²) in [6.45, 7) is 0. The van der Waals surface area contributed by atoms with Gasteiger partial charge in [0.2, 0.25) is 0 Å². The topological polar surface area (TPSA) is 57.5 Å². The molecule has 168 valence electrons. The normalized spacial score (nSPS) is 24.4. The molecular formula is C26H32Cl2O3. The summed E-state index contributed by atoms with van der Waals surface area (Å²) in [5, 5.41) is 22.7. The van der Waals surface area contributed by atoms with Crippen LogP contribution in [-0.4, -0.2) is 16.0 Å². The Morgan fingerprint density at radius 1 is 0.871 bits per heavy atom. The van der Waals surface area contributed by atoms with Crippen molar-refractivity contribution in [3.63, 3.8) is 0 Å². The Morgan fingerprint density at radius 2 is 1.48 bits per heavy atom. The highest BCUT2D eigenvalue weighted by Crippen LogP contribution is 2.42. The molecule has 2 saturated carbocycles. The fourth-order valence-corrected chi connectivity index (χ4v) is 6.16. The molecule has 0 amide bonds. The van der Waals surface area contributed by atoms with Crippen LogP contribution in [0.2, 0.25) is 10.0 Å². The molecule has 2 aliphatic carbocycles. The van der Waals surface area contributed by atoms with Crippen molar-refractivity contribution in [3.05, 3.63) is 33.8 Å². The monoisotopic (exact) mass is 462 g/mol. The van der Waals surface area contributed by atoms with E-state index in [-0.39, 0.29) is 17.4 Å². The van der Waals surface area contributed by atoms with Crippen LogP contribution in [-0.2, 0) is 11.2 Å². The lowest BCUT2D eigenvalue weighted by atomic mass is 9.69. The summed E-state index contributed by atoms with van der Waals surface area (Å²) in [4.78, 5) is 13.0. The Balaban J connectivity index is 1.40. The van der Waals surface area contributed by atoms with Gasteiger partial charge in [-0.2, -0.15) is 0 Å². The molecule has 3 nitrogen and oxygen atoms in total. The number of phenols is 2. The van der Waals surface area contributed by atoms with E-state index in [9.17, 15) is 15.0 Å². The van der Waals surface area contributed by atoms with Crippen molar-refractivity contribution in [2.75, 3.05) is 0 Å². The van der Waals surface area contributed by atoms with E-state index < -0.39 is 0 Å². The van der Waals surface area contributed by atoms with Crippen molar-refractivity contribution in [1.82, 2.24) is 0 Å². The minimum Gasteiger partial charge on any atom is -0.507 e. The number of fused-ring (bicyclic) bond motifs is 2. The zero-order valence-corrected chi connectivity index (χ0v) is 19.5. The fraction of sp³-hybridized carbons (Fsp3) is 0.577. The summed E-state index contributed by atoms with van der Waals surface area (Å²) in [6, 6.07) is 4.72. The smallest absolute Gasteiger partial charge is 0.135 e. The van der Waals surface area contributed by atoms with Gasteiger partial charge in [-0.05, 0) is 61.3 Å². The highest BCUT2D eigenvalue weighted by Gasteiger charge is 2.31. The van der Waals surface area contributed by atoms with E-state index >= 15 is 0 Å². The average molecular weight is 463 g/mol. The first-order valence-electron chi connectivity index (χ1n) is 11.8. The van der Waals surface area contributed by atoms with Crippen molar-refractivity contribution in [3.8, 4) is 11.5 Å². The van der Waals surface area contributed by atoms with Crippen LogP contribution in [0.4, 0.5) is 0 Å². The highest BCUT2D eigenvalue weighted by molar-refractivity contribution is 6.43. The zero-order valence-electron chi connectivity index (χ0n) is 18.0. The van der Waals surface area contributed by atoms with Gasteiger partial charge in [-0.25, -0.2) is 0 Å². The molecule has 3 unspecified atom stereocenters. The molecule has 0 saturated heterocycles. The van der Waals surface area contributed by atoms with Gasteiger partial charge in [-0.15, -0.1) is 0 Å². The number of aryl methyl sites for hydroxylation is 1. The van der Waals surface area contributed by atoms with Gasteiger partial charge in [0.15, 0.2) is 0 Å². The van der Waals surface area contributed by atoms with E-state index in [2.05, 4.69) is 0 Å². The summed E-state index contributed by atoms with van der Waals surface area (Å²) >= 11 is 12.1. The maximum absolute atomic E-state index is 13.0. The molecule has 0 bridgehead atoms. The second kappa shape index (κ2) is 10.0. The van der Waals surface area contributed by atoms with Crippen LogP contribution in [0.5, 0.6) is 11.5 Å². The van der Waals surface area contributed by atoms with Gasteiger partial charge >= 0.3 is 0 Å². The number of carbonyl (C=O) groups excluding carboxylic acids is 1. The molecule has 2 aliphatic rings. The van der Waals surface area contributed by atoms with E-state index in [1.54, 1.807) is 18.2 Å². The summed E-state index contributed by atoms with van der Waals surface area (Å²) in [5.41, 5.74) is 0.640. The Hall–Kier alpha value is -1.45. The molecule has 2 aromatic rings. The number of hydrogen-bond donors (Lipinski definition) is 2. The number of carbonyl (C=O) groups is 1. The third-order valence-electron chi connectivity index (χ3n) is 7.56. The van der Waals surface area contributed by atoms with Gasteiger partial charge in [0.1, 0.15) is 17.3 Å². The second-order valence-electron chi connectivity index (χ2n) is 9.56. The van der Waals surface area contributed by atoms with Crippen LogP contribution in [0, 0.1) is 17.8 Å². The predicted octanol–water partition coefficient (Wildman–Crippen LogP) is 7.84. The average Bonchev–Trinajstić information content (AvgIpc) is 2.73. The first-order chi connectivity index (χ1) is 14.9. The molecular weight excluding hydrogens is 431 g/mol. The number of Topliss-reactive ketones (excluding diaryl/α,β-unsaturated/α-hetero) is 1. The molecule has 31 heavy (non-hydrogen) atoms. The second-order valence-corrected chi connectivity index (χ2v) is 10.4. The van der Waals surface area contributed by atoms with Crippen LogP contribution in [0.1, 0.15) is 76.2 Å². The molecule has 2 aromatic carbocycles. The van der Waals surface area contributed by atoms with E-state index in [1.165, 1.54) is 44.9 Å². The first kappa shape index (κ1) is 22.7. The maximum atomic E-state index is 13.0. The minimum absolute atomic E-state index is 0.0658. The van der Waals surface area contributed by atoms with Crippen molar-refractivity contribution in [1.29, 1.82) is 0 Å². The number of aromatic hydroxyl groups is 2. The van der Waals surface area contributed by atoms with Crippen molar-refractivity contribution in [2.45, 2.75) is 77.0 Å². The molecule has 2 fully saturated rings. The summed E-state index contributed by atoms with van der Waals surface area (Å²) in [7, 11) is 0. The van der Waals surface area contributed by atoms with Gasteiger partial charge in [0, 0.05) is 23.1 Å². The number of benzene rings is 2. The van der Waals surface area contributed by atoms with Crippen LogP contribution in [0.25, 0.3) is 10.8 Å². The van der Waals surface area contributed by atoms with Gasteiger partial charge < -0.3 is 10.2 Å². The zero-order chi connectivity index (χ0) is 22.0. The third kappa shape index (κ3) is 5.14. The Bertz CT molecular complexity index is 956. The van der Waals surface area contributed by atoms with Gasteiger partial charge in [-0.3, -0.25) is 4.79 Å². The number of phenolic OH excluding ortho intramolecular Hbond substituents is 2. The van der Waals surface area contributed by atoms with E-state index in [0.29, 0.717) is 51.4 Å². The summed E-state index contributed by atoms with van der Waals surface area (Å²) < 4.78 is 0. The number of rotatable bonds is 5. The SMILES string of the molecule is O=C(CCCc1cc(O)c2cc(Cl)c(Cl)cc2c1O)C1CCCCC2CCCCC2C1. The molecule has 0 spiro atoms. The fourth-order valence-electron chi connectivity index (χ4n) is 5.83. The van der Waals surface area contributed by atoms with Gasteiger partial charge in [0.25, 0.3) is 0 Å². The number of ketones is 1. The standard InChI is InChI=1S/C26H32Cl2O3/c27-22-14-20-21(15-23(22)28)26(31)19(13-25(20)30)10-5-11-24(29)18-9-4-2-7-16-6-1-3-8-17(16)12-18/h13-18,30-31H,1-12H2. The van der Waals surface area contributed by atoms with Crippen LogP contribution < -0.4 is 0 Å². The summed E-state index contributed by atoms with van der Waals surface area (Å²) in [6.07, 6.45) is 13.0. The molecule has 0 heterocycles. The Kier molecular flexibility index (Phi) is 7.33. The lowest BCUT2D eigenvalue weighted by molar-refractivity contribution is -0.124. The molecule has 3 atom stereocenters. The van der Waals surface area contributed by atoms with Gasteiger partial charge in [-0.1, -0.05) is 68.1 Å². The quantitative estimate of drug-likeness (QED) is 0.444. The van der Waals surface area contributed by atoms with Crippen LogP contribution >= 0.6 is 23.2 Å². The van der Waals surface area contributed by atoms with Gasteiger partial charge in [0.05, 0.1) is 10.0 Å². The molecule has 5 heteroatoms. The molecule has 4 rings (SSSR count). The third-order valence-corrected chi connectivity index (χ3v) is 8.28. The Morgan fingerprint density at radius 3 is 2.19 bits per heavy atom. The van der Waals surface area contributed by atoms with E-state index in [0.717, 1.165) is 24.7 Å². The molecule has 2 N–H and O–H groups in total. The Labute approximate surface area is 194 Å². The van der Waals surface area contributed by atoms with Crippen LogP contribution in [0.3, 0.4) is 0 Å². The van der Waals surface area contributed by atoms with Crippen molar-refractivity contribution in [2.24, 2.45) is 17.8 Å².